The normalized spacial score (nSPS) is 18.7. The van der Waals surface area contributed by atoms with Gasteiger partial charge in [0.2, 0.25) is 12.2 Å². The van der Waals surface area contributed by atoms with Crippen molar-refractivity contribution in [3.63, 3.8) is 0 Å². The van der Waals surface area contributed by atoms with Crippen molar-refractivity contribution in [2.75, 3.05) is 45.3 Å². The van der Waals surface area contributed by atoms with Gasteiger partial charge in [0.15, 0.2) is 5.82 Å². The van der Waals surface area contributed by atoms with Crippen molar-refractivity contribution in [3.05, 3.63) is 84.1 Å². The van der Waals surface area contributed by atoms with Crippen LogP contribution in [-0.4, -0.2) is 65.9 Å². The number of imidazole rings is 1. The van der Waals surface area contributed by atoms with E-state index in [1.807, 2.05) is 25.1 Å². The lowest BCUT2D eigenvalue weighted by Gasteiger charge is -2.36. The van der Waals surface area contributed by atoms with E-state index in [2.05, 4.69) is 25.6 Å². The Morgan fingerprint density at radius 1 is 1.10 bits per heavy atom. The number of halogens is 1. The molecule has 1 amide bonds. The average Bonchev–Trinajstić information content (AvgIpc) is 3.45. The molecule has 1 aliphatic rings. The molecule has 1 saturated heterocycles. The van der Waals surface area contributed by atoms with Crippen LogP contribution in [0.25, 0.3) is 22.6 Å². The Morgan fingerprint density at radius 2 is 1.85 bits per heavy atom. The summed E-state index contributed by atoms with van der Waals surface area (Å²) >= 11 is 0. The van der Waals surface area contributed by atoms with Crippen LogP contribution in [0.15, 0.2) is 66.9 Å². The number of rotatable bonds is 11. The zero-order valence-electron chi connectivity index (χ0n) is 23.0. The number of H-pyrrole nitrogens is 1. The van der Waals surface area contributed by atoms with E-state index in [0.717, 1.165) is 6.42 Å². The number of carbonyl (C=O) groups excluding carboxylic acids is 1. The van der Waals surface area contributed by atoms with Crippen molar-refractivity contribution in [1.29, 1.82) is 0 Å². The van der Waals surface area contributed by atoms with Crippen molar-refractivity contribution in [2.24, 2.45) is 5.41 Å². The fourth-order valence-corrected chi connectivity index (χ4v) is 4.39. The number of amides is 1. The molecule has 5 rings (SSSR count). The molecule has 2 aromatic carbocycles. The summed E-state index contributed by atoms with van der Waals surface area (Å²) < 4.78 is 31.0. The van der Waals surface area contributed by atoms with Crippen LogP contribution in [0, 0.1) is 11.2 Å². The summed E-state index contributed by atoms with van der Waals surface area (Å²) in [5.74, 6) is 0.445. The molecule has 0 aliphatic carbocycles. The molecule has 0 atom stereocenters. The van der Waals surface area contributed by atoms with E-state index in [4.69, 9.17) is 19.2 Å². The first kappa shape index (κ1) is 28.3. The molecule has 4 aromatic rings. The highest BCUT2D eigenvalue weighted by molar-refractivity contribution is 5.94. The smallest absolute Gasteiger partial charge is 0.251 e. The summed E-state index contributed by atoms with van der Waals surface area (Å²) in [5, 5.41) is 6.17. The number of hydrogen-bond donors (Lipinski definition) is 3. The van der Waals surface area contributed by atoms with Gasteiger partial charge < -0.3 is 29.8 Å². The topological polar surface area (TPSA) is 123 Å². The monoisotopic (exact) mass is 560 g/mol. The zero-order valence-corrected chi connectivity index (χ0v) is 23.0. The Labute approximate surface area is 237 Å². The summed E-state index contributed by atoms with van der Waals surface area (Å²) in [6.07, 6.45) is 1.72. The molecular formula is C30H33FN6O4. The number of carbonyl (C=O) groups is 1. The maximum Gasteiger partial charge on any atom is 0.251 e. The Bertz CT molecular complexity index is 1440. The van der Waals surface area contributed by atoms with Crippen LogP contribution in [0.4, 0.5) is 10.3 Å². The highest BCUT2D eigenvalue weighted by Gasteiger charge is 2.35. The number of methoxy groups -OCH3 is 1. The van der Waals surface area contributed by atoms with E-state index in [0.29, 0.717) is 72.9 Å². The minimum Gasteiger partial charge on any atom is -0.385 e. The Hall–Kier alpha value is -4.19. The first-order valence-electron chi connectivity index (χ1n) is 13.4. The SMILES string of the molecule is COCCCNc1nccc(-c2[nH]c(C3OCC(C)(CNC(=O)c4ccccc4)CO3)nc2-c2ccc(F)cc2)n1. The molecule has 11 heteroatoms. The van der Waals surface area contributed by atoms with Crippen molar-refractivity contribution in [2.45, 2.75) is 19.6 Å². The minimum atomic E-state index is -0.755. The van der Waals surface area contributed by atoms with Gasteiger partial charge in [-0.3, -0.25) is 4.79 Å². The van der Waals surface area contributed by atoms with Crippen molar-refractivity contribution in [1.82, 2.24) is 25.3 Å². The molecule has 0 spiro atoms. The van der Waals surface area contributed by atoms with Crippen LogP contribution in [0.5, 0.6) is 0 Å². The Kier molecular flexibility index (Phi) is 8.98. The van der Waals surface area contributed by atoms with E-state index in [-0.39, 0.29) is 11.7 Å². The van der Waals surface area contributed by atoms with E-state index >= 15 is 0 Å². The summed E-state index contributed by atoms with van der Waals surface area (Å²) in [4.78, 5) is 29.6. The predicted molar refractivity (Wildman–Crippen MR) is 152 cm³/mol. The Morgan fingerprint density at radius 3 is 2.59 bits per heavy atom. The lowest BCUT2D eigenvalue weighted by atomic mass is 9.92. The number of aromatic nitrogens is 4. The summed E-state index contributed by atoms with van der Waals surface area (Å²) in [6, 6.07) is 16.9. The maximum absolute atomic E-state index is 13.7. The first-order chi connectivity index (χ1) is 19.9. The molecule has 0 saturated carbocycles. The highest BCUT2D eigenvalue weighted by atomic mass is 19.1. The molecule has 0 bridgehead atoms. The van der Waals surface area contributed by atoms with Crippen molar-refractivity contribution < 1.29 is 23.4 Å². The van der Waals surface area contributed by atoms with Crippen LogP contribution < -0.4 is 10.6 Å². The standard InChI is InChI=1S/C30H33FN6O4/c1-30(17-34-27(38)21-7-4-3-5-8-21)18-40-28(41-19-30)26-36-24(20-9-11-22(31)12-10-20)25(37-26)23-13-15-33-29(35-23)32-14-6-16-39-2/h3-5,7-13,15,28H,6,14,16-19H2,1-2H3,(H,34,38)(H,36,37)(H,32,33,35). The fraction of sp³-hybridized carbons (Fsp3) is 0.333. The number of anilines is 1. The molecule has 3 heterocycles. The van der Waals surface area contributed by atoms with Crippen LogP contribution in [0.1, 0.15) is 35.8 Å². The molecule has 1 aliphatic heterocycles. The predicted octanol–water partition coefficient (Wildman–Crippen LogP) is 4.60. The summed E-state index contributed by atoms with van der Waals surface area (Å²) in [6.45, 7) is 4.36. The van der Waals surface area contributed by atoms with Gasteiger partial charge in [-0.1, -0.05) is 25.1 Å². The molecule has 1 fully saturated rings. The third kappa shape index (κ3) is 7.12. The van der Waals surface area contributed by atoms with Gasteiger partial charge in [0, 0.05) is 49.5 Å². The van der Waals surface area contributed by atoms with E-state index in [1.54, 1.807) is 43.6 Å². The van der Waals surface area contributed by atoms with E-state index in [1.165, 1.54) is 12.1 Å². The van der Waals surface area contributed by atoms with Gasteiger partial charge in [-0.2, -0.15) is 0 Å². The van der Waals surface area contributed by atoms with Gasteiger partial charge in [-0.05, 0) is 48.9 Å². The van der Waals surface area contributed by atoms with Gasteiger partial charge in [-0.25, -0.2) is 19.3 Å². The second-order valence-corrected chi connectivity index (χ2v) is 10.2. The lowest BCUT2D eigenvalue weighted by Crippen LogP contribution is -2.45. The zero-order chi connectivity index (χ0) is 28.7. The minimum absolute atomic E-state index is 0.147. The molecule has 2 aromatic heterocycles. The molecule has 41 heavy (non-hydrogen) atoms. The Balaban J connectivity index is 1.32. The van der Waals surface area contributed by atoms with Crippen molar-refractivity contribution >= 4 is 11.9 Å². The van der Waals surface area contributed by atoms with Gasteiger partial charge in [0.05, 0.1) is 30.3 Å². The largest absolute Gasteiger partial charge is 0.385 e. The van der Waals surface area contributed by atoms with Crippen LogP contribution in [-0.2, 0) is 14.2 Å². The van der Waals surface area contributed by atoms with Gasteiger partial charge in [-0.15, -0.1) is 0 Å². The third-order valence-corrected chi connectivity index (χ3v) is 6.66. The summed E-state index contributed by atoms with van der Waals surface area (Å²) in [5.41, 5.74) is 2.70. The lowest BCUT2D eigenvalue weighted by molar-refractivity contribution is -0.231. The molecule has 0 unspecified atom stereocenters. The molecule has 214 valence electrons. The molecule has 10 nitrogen and oxygen atoms in total. The van der Waals surface area contributed by atoms with E-state index < -0.39 is 11.7 Å². The fourth-order valence-electron chi connectivity index (χ4n) is 4.39. The number of aromatic amines is 1. The first-order valence-corrected chi connectivity index (χ1v) is 13.4. The van der Waals surface area contributed by atoms with Crippen LogP contribution in [0.3, 0.4) is 0 Å². The third-order valence-electron chi connectivity index (χ3n) is 6.66. The second-order valence-electron chi connectivity index (χ2n) is 10.2. The van der Waals surface area contributed by atoms with Gasteiger partial charge in [0.25, 0.3) is 5.91 Å². The van der Waals surface area contributed by atoms with Gasteiger partial charge >= 0.3 is 0 Å². The molecule has 3 N–H and O–H groups in total. The summed E-state index contributed by atoms with van der Waals surface area (Å²) in [7, 11) is 1.66. The van der Waals surface area contributed by atoms with Crippen LogP contribution >= 0.6 is 0 Å². The quantitative estimate of drug-likeness (QED) is 0.228. The van der Waals surface area contributed by atoms with Crippen LogP contribution in [0.2, 0.25) is 0 Å². The maximum atomic E-state index is 13.7. The van der Waals surface area contributed by atoms with Gasteiger partial charge in [0.1, 0.15) is 5.82 Å². The number of nitrogens with zero attached hydrogens (tertiary/aromatic N) is 3. The van der Waals surface area contributed by atoms with Crippen molar-refractivity contribution in [3.8, 4) is 22.6 Å². The van der Waals surface area contributed by atoms with E-state index in [9.17, 15) is 9.18 Å². The number of ether oxygens (including phenoxy) is 3. The average molecular weight is 561 g/mol. The number of nitrogens with one attached hydrogen (secondary N) is 3. The highest BCUT2D eigenvalue weighted by Crippen LogP contribution is 2.35. The number of benzene rings is 2. The number of hydrogen-bond acceptors (Lipinski definition) is 8. The molecule has 0 radical (unpaired) electrons. The molecular weight excluding hydrogens is 527 g/mol. The second kappa shape index (κ2) is 13.0.